The van der Waals surface area contributed by atoms with Crippen LogP contribution in [0.15, 0.2) is 65.1 Å². The summed E-state index contributed by atoms with van der Waals surface area (Å²) >= 11 is 0. The molecule has 0 amide bonds. The van der Waals surface area contributed by atoms with E-state index in [2.05, 4.69) is 36.2 Å². The van der Waals surface area contributed by atoms with Crippen LogP contribution >= 0.6 is 0 Å². The molecule has 0 bridgehead atoms. The van der Waals surface area contributed by atoms with Crippen LogP contribution in [0.1, 0.15) is 35.7 Å². The molecule has 2 aromatic heterocycles. The minimum atomic E-state index is -1.02. The predicted molar refractivity (Wildman–Crippen MR) is 117 cm³/mol. The lowest BCUT2D eigenvalue weighted by atomic mass is 10.1. The molecule has 0 aliphatic heterocycles. The number of aromatic nitrogens is 1. The van der Waals surface area contributed by atoms with Crippen molar-refractivity contribution in [2.75, 3.05) is 7.11 Å². The molecule has 2 aromatic carbocycles. The summed E-state index contributed by atoms with van der Waals surface area (Å²) in [5.74, 6) is 0.814. The first-order valence-electron chi connectivity index (χ1n) is 10.0. The zero-order valence-corrected chi connectivity index (χ0v) is 17.0. The van der Waals surface area contributed by atoms with Gasteiger partial charge in [0.05, 0.1) is 18.2 Å². The van der Waals surface area contributed by atoms with Crippen LogP contribution in [-0.4, -0.2) is 23.2 Å². The molecule has 5 heteroatoms. The number of rotatable bonds is 7. The highest BCUT2D eigenvalue weighted by Gasteiger charge is 2.16. The third-order valence-corrected chi connectivity index (χ3v) is 5.16. The molecule has 2 heterocycles. The second-order valence-electron chi connectivity index (χ2n) is 7.21. The molecule has 0 radical (unpaired) electrons. The number of carboxylic acids is 1. The van der Waals surface area contributed by atoms with Gasteiger partial charge in [0.25, 0.3) is 0 Å². The highest BCUT2D eigenvalue weighted by molar-refractivity contribution is 6.04. The fraction of sp³-hybridized carbons (Fsp3) is 0.200. The molecule has 0 fully saturated rings. The van der Waals surface area contributed by atoms with Crippen LogP contribution in [0.3, 0.4) is 0 Å². The normalized spacial score (nSPS) is 11.0. The summed E-state index contributed by atoms with van der Waals surface area (Å²) in [5, 5.41) is 10.2. The van der Waals surface area contributed by atoms with Gasteiger partial charge in [0, 0.05) is 10.9 Å². The largest absolute Gasteiger partial charge is 0.497 e. The zero-order valence-electron chi connectivity index (χ0n) is 17.0. The molecular weight excluding hydrogens is 378 g/mol. The Labute approximate surface area is 175 Å². The Balaban J connectivity index is 1.70. The van der Waals surface area contributed by atoms with Crippen molar-refractivity contribution < 1.29 is 19.1 Å². The van der Waals surface area contributed by atoms with Gasteiger partial charge in [-0.25, -0.2) is 9.78 Å². The van der Waals surface area contributed by atoms with Gasteiger partial charge in [-0.1, -0.05) is 37.6 Å². The Kier molecular flexibility index (Phi) is 5.53. The molecule has 4 rings (SSSR count). The quantitative estimate of drug-likeness (QED) is 0.398. The van der Waals surface area contributed by atoms with Crippen LogP contribution in [0.5, 0.6) is 5.75 Å². The molecule has 0 aliphatic rings. The number of nitrogens with zero attached hydrogens (tertiary/aromatic N) is 1. The van der Waals surface area contributed by atoms with E-state index in [1.807, 2.05) is 12.1 Å². The van der Waals surface area contributed by atoms with Gasteiger partial charge in [0.15, 0.2) is 5.76 Å². The summed E-state index contributed by atoms with van der Waals surface area (Å²) in [5.41, 5.74) is 3.50. The van der Waals surface area contributed by atoms with Gasteiger partial charge < -0.3 is 14.3 Å². The molecular formula is C25H23NO4. The van der Waals surface area contributed by atoms with Crippen molar-refractivity contribution in [2.45, 2.75) is 26.2 Å². The number of hydrogen-bond acceptors (Lipinski definition) is 4. The Hall–Kier alpha value is -3.60. The summed E-state index contributed by atoms with van der Waals surface area (Å²) in [7, 11) is 1.55. The van der Waals surface area contributed by atoms with E-state index in [1.54, 1.807) is 31.4 Å². The minimum absolute atomic E-state index is 0.159. The molecule has 4 aromatic rings. The number of carbonyl (C=O) groups is 1. The van der Waals surface area contributed by atoms with Crippen LogP contribution in [0, 0.1) is 0 Å². The van der Waals surface area contributed by atoms with Gasteiger partial charge in [-0.2, -0.15) is 0 Å². The van der Waals surface area contributed by atoms with Gasteiger partial charge in [-0.05, 0) is 54.8 Å². The van der Waals surface area contributed by atoms with E-state index in [-0.39, 0.29) is 5.56 Å². The SMILES string of the molecule is CCCCc1ccc(-c2ccc(-c3cc(C(=O)O)c4cc(OC)ccc4n3)o2)cc1. The lowest BCUT2D eigenvalue weighted by molar-refractivity contribution is 0.0699. The highest BCUT2D eigenvalue weighted by atomic mass is 16.5. The molecule has 152 valence electrons. The maximum atomic E-state index is 11.8. The lowest BCUT2D eigenvalue weighted by Gasteiger charge is -2.07. The topological polar surface area (TPSA) is 72.6 Å². The second kappa shape index (κ2) is 8.41. The second-order valence-corrected chi connectivity index (χ2v) is 7.21. The van der Waals surface area contributed by atoms with Crippen molar-refractivity contribution in [3.8, 4) is 28.5 Å². The molecule has 5 nitrogen and oxygen atoms in total. The maximum absolute atomic E-state index is 11.8. The average molecular weight is 401 g/mol. The fourth-order valence-corrected chi connectivity index (χ4v) is 3.48. The smallest absolute Gasteiger partial charge is 0.336 e. The fourth-order valence-electron chi connectivity index (χ4n) is 3.48. The number of ether oxygens (including phenoxy) is 1. The van der Waals surface area contributed by atoms with Gasteiger partial charge >= 0.3 is 5.97 Å². The summed E-state index contributed by atoms with van der Waals surface area (Å²) in [4.78, 5) is 16.4. The molecule has 0 unspecified atom stereocenters. The number of furan rings is 1. The molecule has 0 spiro atoms. The summed E-state index contributed by atoms with van der Waals surface area (Å²) in [6.45, 7) is 2.19. The van der Waals surface area contributed by atoms with Gasteiger partial charge in [0.2, 0.25) is 0 Å². The Morgan fingerprint density at radius 2 is 1.80 bits per heavy atom. The number of pyridine rings is 1. The van der Waals surface area contributed by atoms with Gasteiger partial charge in [-0.3, -0.25) is 0 Å². The van der Waals surface area contributed by atoms with E-state index in [9.17, 15) is 9.90 Å². The first kappa shape index (κ1) is 19.7. The van der Waals surface area contributed by atoms with E-state index >= 15 is 0 Å². The van der Waals surface area contributed by atoms with Crippen LogP contribution < -0.4 is 4.74 Å². The molecule has 1 N–H and O–H groups in total. The van der Waals surface area contributed by atoms with Crippen LogP contribution in [0.2, 0.25) is 0 Å². The van der Waals surface area contributed by atoms with Crippen molar-refractivity contribution in [3.63, 3.8) is 0 Å². The number of fused-ring (bicyclic) bond motifs is 1. The highest BCUT2D eigenvalue weighted by Crippen LogP contribution is 2.31. The number of benzene rings is 2. The van der Waals surface area contributed by atoms with E-state index in [1.165, 1.54) is 18.4 Å². The summed E-state index contributed by atoms with van der Waals surface area (Å²) in [6.07, 6.45) is 3.42. The predicted octanol–water partition coefficient (Wildman–Crippen LogP) is 6.21. The zero-order chi connectivity index (χ0) is 21.1. The number of aromatic carboxylic acids is 1. The minimum Gasteiger partial charge on any atom is -0.497 e. The third-order valence-electron chi connectivity index (χ3n) is 5.16. The molecule has 0 aliphatic carbocycles. The van der Waals surface area contributed by atoms with Gasteiger partial charge in [-0.15, -0.1) is 0 Å². The van der Waals surface area contributed by atoms with E-state index in [0.29, 0.717) is 28.1 Å². The van der Waals surface area contributed by atoms with Crippen molar-refractivity contribution in [2.24, 2.45) is 0 Å². The molecule has 0 saturated heterocycles. The Morgan fingerprint density at radius 1 is 1.03 bits per heavy atom. The number of carboxylic acid groups (broad SMARTS) is 1. The third kappa shape index (κ3) is 3.92. The number of methoxy groups -OCH3 is 1. The van der Waals surface area contributed by atoms with Crippen LogP contribution in [0.25, 0.3) is 33.7 Å². The van der Waals surface area contributed by atoms with E-state index < -0.39 is 5.97 Å². The Morgan fingerprint density at radius 3 is 2.50 bits per heavy atom. The van der Waals surface area contributed by atoms with E-state index in [4.69, 9.17) is 9.15 Å². The van der Waals surface area contributed by atoms with Gasteiger partial charge in [0.1, 0.15) is 17.2 Å². The van der Waals surface area contributed by atoms with Crippen LogP contribution in [0.4, 0.5) is 0 Å². The molecule has 0 saturated carbocycles. The number of hydrogen-bond donors (Lipinski definition) is 1. The first-order chi connectivity index (χ1) is 14.6. The maximum Gasteiger partial charge on any atom is 0.336 e. The van der Waals surface area contributed by atoms with Crippen molar-refractivity contribution in [3.05, 3.63) is 71.8 Å². The lowest BCUT2D eigenvalue weighted by Crippen LogP contribution is -2.00. The molecule has 30 heavy (non-hydrogen) atoms. The first-order valence-corrected chi connectivity index (χ1v) is 10.0. The Bertz CT molecular complexity index is 1190. The number of aryl methyl sites for hydroxylation is 1. The number of unbranched alkanes of at least 4 members (excludes halogenated alkanes) is 1. The summed E-state index contributed by atoms with van der Waals surface area (Å²) < 4.78 is 11.2. The van der Waals surface area contributed by atoms with Crippen molar-refractivity contribution >= 4 is 16.9 Å². The summed E-state index contributed by atoms with van der Waals surface area (Å²) in [6, 6.07) is 18.8. The van der Waals surface area contributed by atoms with Crippen molar-refractivity contribution in [1.29, 1.82) is 0 Å². The standard InChI is InChI=1S/C25H23NO4/c1-3-4-5-16-6-8-17(9-7-16)23-12-13-24(30-23)22-15-20(25(27)28)19-14-18(29-2)10-11-21(19)26-22/h6-15H,3-5H2,1-2H3,(H,27,28). The molecule has 0 atom stereocenters. The van der Waals surface area contributed by atoms with E-state index in [0.717, 1.165) is 17.7 Å². The van der Waals surface area contributed by atoms with Crippen LogP contribution in [-0.2, 0) is 6.42 Å². The monoisotopic (exact) mass is 401 g/mol. The average Bonchev–Trinajstić information content (AvgIpc) is 3.27. The van der Waals surface area contributed by atoms with Crippen molar-refractivity contribution in [1.82, 2.24) is 4.98 Å².